The molecule has 19 heavy (non-hydrogen) atoms. The lowest BCUT2D eigenvalue weighted by Crippen LogP contribution is -2.39. The summed E-state index contributed by atoms with van der Waals surface area (Å²) in [5, 5.41) is 9.99. The van der Waals surface area contributed by atoms with Crippen LogP contribution in [0.2, 0.25) is 0 Å². The molecule has 1 aromatic rings. The minimum Gasteiger partial charge on any atom is -0.389 e. The van der Waals surface area contributed by atoms with Gasteiger partial charge in [0.2, 0.25) is 0 Å². The van der Waals surface area contributed by atoms with Crippen LogP contribution in [0.4, 0.5) is 5.69 Å². The van der Waals surface area contributed by atoms with E-state index in [9.17, 15) is 9.90 Å². The van der Waals surface area contributed by atoms with E-state index in [2.05, 4.69) is 4.90 Å². The van der Waals surface area contributed by atoms with Gasteiger partial charge in [0.05, 0.1) is 18.8 Å². The van der Waals surface area contributed by atoms with Crippen LogP contribution in [0.25, 0.3) is 0 Å². The summed E-state index contributed by atoms with van der Waals surface area (Å²) < 4.78 is 5.41. The zero-order valence-corrected chi connectivity index (χ0v) is 11.5. The second-order valence-electron chi connectivity index (χ2n) is 5.17. The van der Waals surface area contributed by atoms with Crippen LogP contribution in [-0.4, -0.2) is 42.8 Å². The minimum absolute atomic E-state index is 0.116. The maximum absolute atomic E-state index is 11.8. The second-order valence-corrected chi connectivity index (χ2v) is 5.17. The first-order valence-electron chi connectivity index (χ1n) is 6.74. The van der Waals surface area contributed by atoms with Crippen LogP contribution in [0.5, 0.6) is 0 Å². The molecular weight excluding hydrogens is 242 g/mol. The number of carbonyl (C=O) groups excluding carboxylic acids is 1. The van der Waals surface area contributed by atoms with Gasteiger partial charge in [-0.3, -0.25) is 4.79 Å². The first-order chi connectivity index (χ1) is 9.08. The summed E-state index contributed by atoms with van der Waals surface area (Å²) in [6, 6.07) is 7.57. The number of aliphatic hydroxyl groups is 1. The summed E-state index contributed by atoms with van der Waals surface area (Å²) in [7, 11) is 0. The topological polar surface area (TPSA) is 49.8 Å². The molecule has 1 aromatic carbocycles. The number of carbonyl (C=O) groups is 1. The standard InChI is InChI=1S/C15H21NO3/c1-11(2)19-10-12(17)9-16-8-7-15(18)13-5-3-4-6-14(13)16/h3-6,11-12,17H,7-10H2,1-2H3. The summed E-state index contributed by atoms with van der Waals surface area (Å²) >= 11 is 0. The smallest absolute Gasteiger partial charge is 0.166 e. The van der Waals surface area contributed by atoms with Gasteiger partial charge in [0, 0.05) is 30.8 Å². The van der Waals surface area contributed by atoms with E-state index in [1.165, 1.54) is 0 Å². The predicted molar refractivity (Wildman–Crippen MR) is 74.7 cm³/mol. The van der Waals surface area contributed by atoms with Crippen LogP contribution in [0.3, 0.4) is 0 Å². The second kappa shape index (κ2) is 6.17. The lowest BCUT2D eigenvalue weighted by Gasteiger charge is -2.32. The third-order valence-corrected chi connectivity index (χ3v) is 3.21. The van der Waals surface area contributed by atoms with E-state index in [-0.39, 0.29) is 11.9 Å². The summed E-state index contributed by atoms with van der Waals surface area (Å²) in [6.07, 6.45) is 0.0860. The molecule has 0 radical (unpaired) electrons. The van der Waals surface area contributed by atoms with Gasteiger partial charge in [-0.2, -0.15) is 0 Å². The van der Waals surface area contributed by atoms with Crippen molar-refractivity contribution in [3.63, 3.8) is 0 Å². The van der Waals surface area contributed by atoms with Crippen LogP contribution in [0, 0.1) is 0 Å². The number of ketones is 1. The van der Waals surface area contributed by atoms with Gasteiger partial charge in [-0.15, -0.1) is 0 Å². The number of para-hydroxylation sites is 1. The molecule has 0 fully saturated rings. The van der Waals surface area contributed by atoms with Gasteiger partial charge >= 0.3 is 0 Å². The number of benzene rings is 1. The molecule has 2 rings (SSSR count). The first-order valence-corrected chi connectivity index (χ1v) is 6.74. The Morgan fingerprint density at radius 2 is 2.11 bits per heavy atom. The molecule has 0 aliphatic carbocycles. The summed E-state index contributed by atoms with van der Waals surface area (Å²) in [6.45, 7) is 5.37. The van der Waals surface area contributed by atoms with Crippen LogP contribution in [0.1, 0.15) is 30.6 Å². The molecule has 4 nitrogen and oxygen atoms in total. The van der Waals surface area contributed by atoms with Gasteiger partial charge in [0.1, 0.15) is 0 Å². The highest BCUT2D eigenvalue weighted by molar-refractivity contribution is 6.03. The van der Waals surface area contributed by atoms with Gasteiger partial charge in [-0.1, -0.05) is 12.1 Å². The van der Waals surface area contributed by atoms with Gasteiger partial charge in [-0.25, -0.2) is 0 Å². The molecule has 0 saturated carbocycles. The zero-order chi connectivity index (χ0) is 13.8. The molecule has 4 heteroatoms. The van der Waals surface area contributed by atoms with E-state index in [0.717, 1.165) is 11.3 Å². The third-order valence-electron chi connectivity index (χ3n) is 3.21. The van der Waals surface area contributed by atoms with Crippen molar-refractivity contribution in [2.24, 2.45) is 0 Å². The van der Waals surface area contributed by atoms with Crippen molar-refractivity contribution < 1.29 is 14.6 Å². The fourth-order valence-electron chi connectivity index (χ4n) is 2.28. The van der Waals surface area contributed by atoms with E-state index >= 15 is 0 Å². The molecule has 1 unspecified atom stereocenters. The monoisotopic (exact) mass is 263 g/mol. The maximum Gasteiger partial charge on any atom is 0.166 e. The molecule has 0 aromatic heterocycles. The molecule has 0 saturated heterocycles. The summed E-state index contributed by atoms with van der Waals surface area (Å²) in [5.74, 6) is 0.180. The molecule has 1 aliphatic heterocycles. The Morgan fingerprint density at radius 1 is 1.37 bits per heavy atom. The summed E-state index contributed by atoms with van der Waals surface area (Å²) in [4.78, 5) is 13.9. The average Bonchev–Trinajstić information content (AvgIpc) is 2.40. The minimum atomic E-state index is -0.538. The fourth-order valence-corrected chi connectivity index (χ4v) is 2.28. The number of Topliss-reactive ketones (excluding diaryl/α,β-unsaturated/α-hetero) is 1. The number of nitrogens with zero attached hydrogens (tertiary/aromatic N) is 1. The number of aliphatic hydroxyl groups excluding tert-OH is 1. The molecular formula is C15H21NO3. The number of hydrogen-bond donors (Lipinski definition) is 1. The molecule has 0 spiro atoms. The SMILES string of the molecule is CC(C)OCC(O)CN1CCC(=O)c2ccccc21. The Hall–Kier alpha value is -1.39. The lowest BCUT2D eigenvalue weighted by atomic mass is 10.00. The van der Waals surface area contributed by atoms with Crippen molar-refractivity contribution >= 4 is 11.5 Å². The van der Waals surface area contributed by atoms with Gasteiger partial charge in [-0.05, 0) is 26.0 Å². The van der Waals surface area contributed by atoms with E-state index < -0.39 is 6.10 Å². The van der Waals surface area contributed by atoms with Crippen LogP contribution >= 0.6 is 0 Å². The summed E-state index contributed by atoms with van der Waals surface area (Å²) in [5.41, 5.74) is 1.67. The first kappa shape index (κ1) is 14.0. The molecule has 1 N–H and O–H groups in total. The zero-order valence-electron chi connectivity index (χ0n) is 11.5. The number of fused-ring (bicyclic) bond motifs is 1. The molecule has 0 amide bonds. The molecule has 1 atom stereocenters. The van der Waals surface area contributed by atoms with Crippen LogP contribution < -0.4 is 4.90 Å². The molecule has 1 aliphatic rings. The van der Waals surface area contributed by atoms with E-state index in [0.29, 0.717) is 26.1 Å². The highest BCUT2D eigenvalue weighted by Crippen LogP contribution is 2.26. The Morgan fingerprint density at radius 3 is 2.84 bits per heavy atom. The van der Waals surface area contributed by atoms with Crippen molar-refractivity contribution in [2.75, 3.05) is 24.6 Å². The van der Waals surface area contributed by atoms with Crippen LogP contribution in [-0.2, 0) is 4.74 Å². The number of hydrogen-bond acceptors (Lipinski definition) is 4. The largest absolute Gasteiger partial charge is 0.389 e. The van der Waals surface area contributed by atoms with Gasteiger partial charge in [0.15, 0.2) is 5.78 Å². The van der Waals surface area contributed by atoms with Crippen molar-refractivity contribution in [1.29, 1.82) is 0 Å². The van der Waals surface area contributed by atoms with Crippen molar-refractivity contribution in [3.8, 4) is 0 Å². The Balaban J connectivity index is 2.02. The molecule has 104 valence electrons. The lowest BCUT2D eigenvalue weighted by molar-refractivity contribution is 0.00882. The Kier molecular flexibility index (Phi) is 4.56. The van der Waals surface area contributed by atoms with Crippen molar-refractivity contribution in [3.05, 3.63) is 29.8 Å². The van der Waals surface area contributed by atoms with E-state index in [1.807, 2.05) is 38.1 Å². The van der Waals surface area contributed by atoms with E-state index in [4.69, 9.17) is 4.74 Å². The third kappa shape index (κ3) is 3.55. The Labute approximate surface area is 114 Å². The number of ether oxygens (including phenoxy) is 1. The van der Waals surface area contributed by atoms with Crippen molar-refractivity contribution in [1.82, 2.24) is 0 Å². The van der Waals surface area contributed by atoms with Crippen LogP contribution in [0.15, 0.2) is 24.3 Å². The maximum atomic E-state index is 11.8. The quantitative estimate of drug-likeness (QED) is 0.881. The van der Waals surface area contributed by atoms with Gasteiger partial charge in [0.25, 0.3) is 0 Å². The molecule has 1 heterocycles. The normalized spacial score (nSPS) is 16.6. The highest BCUT2D eigenvalue weighted by atomic mass is 16.5. The van der Waals surface area contributed by atoms with Gasteiger partial charge < -0.3 is 14.7 Å². The fraction of sp³-hybridized carbons (Fsp3) is 0.533. The number of anilines is 1. The van der Waals surface area contributed by atoms with E-state index in [1.54, 1.807) is 0 Å². The Bertz CT molecular complexity index is 445. The number of rotatable bonds is 5. The molecule has 0 bridgehead atoms. The number of β-amino-alcohol motifs (C(OH)–C–C–N with tert-alkyl or cyclic N) is 1. The average molecular weight is 263 g/mol. The van der Waals surface area contributed by atoms with Crippen molar-refractivity contribution in [2.45, 2.75) is 32.5 Å². The predicted octanol–water partition coefficient (Wildman–Crippen LogP) is 1.87. The highest BCUT2D eigenvalue weighted by Gasteiger charge is 2.24.